The van der Waals surface area contributed by atoms with Crippen molar-refractivity contribution < 1.29 is 50.5 Å². The molecular weight excluding hydrogens is 717 g/mol. The van der Waals surface area contributed by atoms with Crippen LogP contribution in [0, 0.1) is 0 Å². The summed E-state index contributed by atoms with van der Waals surface area (Å²) in [5.74, 6) is -1.99. The topological polar surface area (TPSA) is 249 Å². The van der Waals surface area contributed by atoms with Crippen molar-refractivity contribution in [2.24, 2.45) is 9.98 Å². The highest BCUT2D eigenvalue weighted by molar-refractivity contribution is 7.87. The van der Waals surface area contributed by atoms with Gasteiger partial charge < -0.3 is 20.8 Å². The molecule has 264 valence electrons. The van der Waals surface area contributed by atoms with Crippen LogP contribution in [0.3, 0.4) is 0 Å². The smallest absolute Gasteiger partial charge is 0.323 e. The first-order valence-corrected chi connectivity index (χ1v) is 18.1. The Hall–Kier alpha value is -6.27. The number of hydrogen-bond donors (Lipinski definition) is 6. The van der Waals surface area contributed by atoms with E-state index in [1.54, 1.807) is 0 Å². The molecule has 15 nitrogen and oxygen atoms in total. The van der Waals surface area contributed by atoms with Crippen molar-refractivity contribution in [3.63, 3.8) is 0 Å². The number of aliphatic hydroxyl groups excluding tert-OH is 2. The second-order valence-corrected chi connectivity index (χ2v) is 14.6. The fourth-order valence-corrected chi connectivity index (χ4v) is 7.14. The van der Waals surface area contributed by atoms with Gasteiger partial charge in [-0.15, -0.1) is 0 Å². The van der Waals surface area contributed by atoms with E-state index in [4.69, 9.17) is 0 Å². The minimum Gasteiger partial charge on any atom is -0.508 e. The Morgan fingerprint density at radius 1 is 0.558 bits per heavy atom. The van der Waals surface area contributed by atoms with Gasteiger partial charge in [0.15, 0.2) is 0 Å². The number of carbonyl (C=O) groups is 3. The van der Waals surface area contributed by atoms with E-state index in [0.29, 0.717) is 22.5 Å². The van der Waals surface area contributed by atoms with Crippen molar-refractivity contribution in [1.29, 1.82) is 0 Å². The summed E-state index contributed by atoms with van der Waals surface area (Å²) in [5.41, 5.74) is 2.17. The maximum atomic E-state index is 12.8. The fraction of sp³-hybridized carbons (Fsp3) is 0.0571. The van der Waals surface area contributed by atoms with Crippen LogP contribution in [-0.2, 0) is 20.2 Å². The van der Waals surface area contributed by atoms with E-state index in [1.165, 1.54) is 97.1 Å². The average Bonchev–Trinajstić information content (AvgIpc) is 3.07. The number of aliphatic imine (C=N–C) groups is 2. The number of fused-ring (bicyclic) bond motifs is 2. The summed E-state index contributed by atoms with van der Waals surface area (Å²) in [4.78, 5) is 46.3. The number of urea groups is 1. The Bertz CT molecular complexity index is 2290. The van der Waals surface area contributed by atoms with E-state index in [-0.39, 0.29) is 45.2 Å². The molecule has 4 amide bonds. The van der Waals surface area contributed by atoms with Gasteiger partial charge in [-0.25, -0.2) is 14.8 Å². The van der Waals surface area contributed by atoms with E-state index in [0.717, 1.165) is 12.2 Å². The lowest BCUT2D eigenvalue weighted by atomic mass is 9.91. The highest BCUT2D eigenvalue weighted by atomic mass is 32.2. The van der Waals surface area contributed by atoms with Gasteiger partial charge in [0.1, 0.15) is 22.0 Å². The van der Waals surface area contributed by atoms with Crippen molar-refractivity contribution in [3.8, 4) is 0 Å². The molecule has 0 heterocycles. The Kier molecular flexibility index (Phi) is 9.44. The van der Waals surface area contributed by atoms with Crippen LogP contribution < -0.4 is 10.6 Å². The highest BCUT2D eigenvalue weighted by Crippen LogP contribution is 2.32. The average molecular weight is 743 g/mol. The minimum absolute atomic E-state index is 0.120. The van der Waals surface area contributed by atoms with Gasteiger partial charge in [0.05, 0.1) is 11.4 Å². The summed E-state index contributed by atoms with van der Waals surface area (Å²) in [5, 5.41) is 21.8. The first-order chi connectivity index (χ1) is 24.5. The normalized spacial score (nSPS) is 21.0. The molecule has 6 N–H and O–H groups in total. The zero-order chi connectivity index (χ0) is 37.4. The molecule has 0 aliphatic heterocycles. The van der Waals surface area contributed by atoms with Gasteiger partial charge in [-0.2, -0.15) is 16.8 Å². The third-order valence-corrected chi connectivity index (χ3v) is 9.95. The van der Waals surface area contributed by atoms with Crippen molar-refractivity contribution in [2.45, 2.75) is 10.5 Å². The number of rotatable bonds is 6. The van der Waals surface area contributed by atoms with Gasteiger partial charge in [0, 0.05) is 22.5 Å². The molecule has 0 aromatic heterocycles. The second kappa shape index (κ2) is 13.8. The van der Waals surface area contributed by atoms with Crippen LogP contribution in [0.25, 0.3) is 0 Å². The summed E-state index contributed by atoms with van der Waals surface area (Å²) in [7, 11) is -9.19. The SMILES string of the molecule is O=C(Nc1ccc(C(=O)N=C2C=CC3=CC(O)=CC(S(=O)(=O)O)C3=C2)cc1)Nc1ccc(C(=O)N=C2C=CC3=CC(O)=CC(S(=O)(=O)O)C3=C2)cc1. The van der Waals surface area contributed by atoms with Crippen LogP contribution in [0.4, 0.5) is 16.2 Å². The van der Waals surface area contributed by atoms with Crippen LogP contribution in [0.15, 0.2) is 153 Å². The summed E-state index contributed by atoms with van der Waals surface area (Å²) in [6.45, 7) is 0. The van der Waals surface area contributed by atoms with E-state index >= 15 is 0 Å². The number of carbonyl (C=O) groups excluding carboxylic acids is 3. The molecule has 6 rings (SSSR count). The highest BCUT2D eigenvalue weighted by Gasteiger charge is 2.33. The molecule has 0 radical (unpaired) electrons. The number of anilines is 2. The third-order valence-electron chi connectivity index (χ3n) is 7.89. The number of nitrogens with one attached hydrogen (secondary N) is 2. The van der Waals surface area contributed by atoms with Crippen molar-refractivity contribution in [2.75, 3.05) is 10.6 Å². The molecule has 17 heteroatoms. The second-order valence-electron chi connectivity index (χ2n) is 11.5. The standard InChI is InChI=1S/C35H26N4O11S2/c40-27-13-21-5-11-25(15-29(21)31(17-27)51(45,46)47)36-33(42)19-1-7-23(8-2-19)38-35(44)39-24-9-3-20(4-10-24)34(43)37-26-12-6-22-14-28(41)18-32(30(22)16-26)52(48,49)50/h1-18,31-32,40-41H,(H2,38,39,44)(H,45,46,47)(H,48,49,50). The first kappa shape index (κ1) is 35.6. The molecule has 0 fully saturated rings. The summed E-state index contributed by atoms with van der Waals surface area (Å²) in [6.07, 6.45) is 13.0. The van der Waals surface area contributed by atoms with Gasteiger partial charge in [0.2, 0.25) is 0 Å². The monoisotopic (exact) mass is 742 g/mol. The summed E-state index contributed by atoms with van der Waals surface area (Å²) >= 11 is 0. The molecule has 0 saturated heterocycles. The van der Waals surface area contributed by atoms with Crippen LogP contribution >= 0.6 is 0 Å². The van der Waals surface area contributed by atoms with E-state index in [9.17, 15) is 50.5 Å². The Morgan fingerprint density at radius 3 is 1.27 bits per heavy atom. The van der Waals surface area contributed by atoms with Gasteiger partial charge in [-0.1, -0.05) is 12.2 Å². The number of nitrogens with zero attached hydrogens (tertiary/aromatic N) is 2. The molecular formula is C35H26N4O11S2. The van der Waals surface area contributed by atoms with Crippen LogP contribution in [0.1, 0.15) is 20.7 Å². The van der Waals surface area contributed by atoms with Crippen LogP contribution in [0.2, 0.25) is 0 Å². The van der Waals surface area contributed by atoms with Gasteiger partial charge in [0.25, 0.3) is 32.1 Å². The number of aliphatic hydroxyl groups is 2. The van der Waals surface area contributed by atoms with E-state index in [1.807, 2.05) is 0 Å². The molecule has 2 aromatic carbocycles. The quantitative estimate of drug-likeness (QED) is 0.220. The lowest BCUT2D eigenvalue weighted by Crippen LogP contribution is -2.26. The first-order valence-electron chi connectivity index (χ1n) is 15.1. The maximum Gasteiger partial charge on any atom is 0.323 e. The van der Waals surface area contributed by atoms with Crippen molar-refractivity contribution in [3.05, 3.63) is 154 Å². The van der Waals surface area contributed by atoms with Gasteiger partial charge in [-0.3, -0.25) is 18.7 Å². The zero-order valence-electron chi connectivity index (χ0n) is 26.4. The number of allylic oxidation sites excluding steroid dienone is 10. The van der Waals surface area contributed by atoms with Gasteiger partial charge >= 0.3 is 6.03 Å². The molecule has 52 heavy (non-hydrogen) atoms. The summed E-state index contributed by atoms with van der Waals surface area (Å²) in [6, 6.07) is 10.9. The third kappa shape index (κ3) is 8.03. The van der Waals surface area contributed by atoms with E-state index in [2.05, 4.69) is 20.6 Å². The van der Waals surface area contributed by atoms with E-state index < -0.39 is 48.6 Å². The molecule has 4 aliphatic carbocycles. The minimum atomic E-state index is -4.60. The van der Waals surface area contributed by atoms with Crippen LogP contribution in [-0.4, -0.2) is 75.9 Å². The Balaban J connectivity index is 1.06. The molecule has 0 bridgehead atoms. The molecule has 2 atom stereocenters. The maximum absolute atomic E-state index is 12.8. The number of benzene rings is 2. The largest absolute Gasteiger partial charge is 0.508 e. The predicted octanol–water partition coefficient (Wildman–Crippen LogP) is 4.76. The molecule has 2 aromatic rings. The molecule has 0 saturated carbocycles. The predicted molar refractivity (Wildman–Crippen MR) is 192 cm³/mol. The van der Waals surface area contributed by atoms with Crippen molar-refractivity contribution >= 4 is 60.9 Å². The van der Waals surface area contributed by atoms with Crippen molar-refractivity contribution in [1.82, 2.24) is 0 Å². The van der Waals surface area contributed by atoms with Gasteiger partial charge in [-0.05, 0) is 119 Å². The number of amides is 4. The molecule has 0 spiro atoms. The summed E-state index contributed by atoms with van der Waals surface area (Å²) < 4.78 is 66.5. The Labute approximate surface area is 296 Å². The lowest BCUT2D eigenvalue weighted by Gasteiger charge is -2.22. The fourth-order valence-electron chi connectivity index (χ4n) is 5.47. The lowest BCUT2D eigenvalue weighted by molar-refractivity contribution is 0.0995. The zero-order valence-corrected chi connectivity index (χ0v) is 28.0. The Morgan fingerprint density at radius 2 is 0.923 bits per heavy atom. The molecule has 4 aliphatic rings. The number of hydrogen-bond acceptors (Lipinski definition) is 9. The van der Waals surface area contributed by atoms with Crippen LogP contribution in [0.5, 0.6) is 0 Å². The molecule has 2 unspecified atom stereocenters.